The molecule has 2 aromatic carbocycles. The molecule has 1 aliphatic heterocycles. The fourth-order valence-corrected chi connectivity index (χ4v) is 4.94. The van der Waals surface area contributed by atoms with Gasteiger partial charge in [0.1, 0.15) is 11.6 Å². The Kier molecular flexibility index (Phi) is 8.18. The lowest BCUT2D eigenvalue weighted by molar-refractivity contribution is -0.118. The molecule has 9 heteroatoms. The number of hydrogen-bond acceptors (Lipinski definition) is 6. The normalized spacial score (nSPS) is 15.1. The van der Waals surface area contributed by atoms with E-state index in [0.29, 0.717) is 17.5 Å². The molecule has 34 heavy (non-hydrogen) atoms. The molecule has 3 aromatic rings. The Morgan fingerprint density at radius 1 is 1.09 bits per heavy atom. The fraction of sp³-hybridized carbons (Fsp3) is 0.400. The van der Waals surface area contributed by atoms with Crippen molar-refractivity contribution in [2.75, 3.05) is 32.5 Å². The topological polar surface area (TPSA) is 72.3 Å². The minimum absolute atomic E-state index is 0.0492. The number of likely N-dealkylation sites (tertiary alicyclic amines) is 1. The van der Waals surface area contributed by atoms with Gasteiger partial charge in [-0.3, -0.25) is 9.69 Å². The lowest BCUT2D eigenvalue weighted by atomic mass is 10.0. The first-order chi connectivity index (χ1) is 16.5. The van der Waals surface area contributed by atoms with Crippen molar-refractivity contribution in [2.24, 2.45) is 7.05 Å². The maximum Gasteiger partial charge on any atom is 0.230 e. The molecule has 1 amide bonds. The van der Waals surface area contributed by atoms with Crippen molar-refractivity contribution in [1.82, 2.24) is 25.0 Å². The van der Waals surface area contributed by atoms with Crippen LogP contribution in [0.1, 0.15) is 30.9 Å². The summed E-state index contributed by atoms with van der Waals surface area (Å²) in [7, 11) is 3.50. The number of thioether (sulfide) groups is 1. The van der Waals surface area contributed by atoms with Gasteiger partial charge in [-0.2, -0.15) is 0 Å². The van der Waals surface area contributed by atoms with E-state index in [1.54, 1.807) is 19.2 Å². The summed E-state index contributed by atoms with van der Waals surface area (Å²) in [4.78, 5) is 15.1. The molecule has 2 heterocycles. The third-order valence-electron chi connectivity index (χ3n) is 6.09. The molecule has 1 N–H and O–H groups in total. The standard InChI is InChI=1S/C25H30FN5O2S/c1-30-24(19-6-10-20(26)11-7-19)28-29-25(30)34-17-23(32)27-16-22(31-14-4-3-5-15-31)18-8-12-21(33-2)13-9-18/h6-13,22H,3-5,14-17H2,1-2H3,(H,27,32). The molecule has 180 valence electrons. The van der Waals surface area contributed by atoms with Crippen LogP contribution in [0.3, 0.4) is 0 Å². The summed E-state index contributed by atoms with van der Waals surface area (Å²) >= 11 is 1.33. The molecule has 1 atom stereocenters. The molecular formula is C25H30FN5O2S. The molecular weight excluding hydrogens is 453 g/mol. The summed E-state index contributed by atoms with van der Waals surface area (Å²) in [5.74, 6) is 1.35. The number of hydrogen-bond donors (Lipinski definition) is 1. The smallest absolute Gasteiger partial charge is 0.230 e. The van der Waals surface area contributed by atoms with Crippen LogP contribution in [-0.4, -0.2) is 58.1 Å². The summed E-state index contributed by atoms with van der Waals surface area (Å²) in [6, 6.07) is 14.3. The Balaban J connectivity index is 1.36. The van der Waals surface area contributed by atoms with E-state index in [-0.39, 0.29) is 23.5 Å². The van der Waals surface area contributed by atoms with Gasteiger partial charge in [0, 0.05) is 19.2 Å². The van der Waals surface area contributed by atoms with Crippen molar-refractivity contribution >= 4 is 17.7 Å². The van der Waals surface area contributed by atoms with Gasteiger partial charge in [-0.1, -0.05) is 30.3 Å². The molecule has 0 saturated carbocycles. The van der Waals surface area contributed by atoms with Gasteiger partial charge in [0.25, 0.3) is 0 Å². The van der Waals surface area contributed by atoms with Gasteiger partial charge in [-0.25, -0.2) is 4.39 Å². The van der Waals surface area contributed by atoms with E-state index in [1.807, 2.05) is 23.7 Å². The Morgan fingerprint density at radius 2 is 1.79 bits per heavy atom. The number of benzene rings is 2. The Morgan fingerprint density at radius 3 is 2.47 bits per heavy atom. The van der Waals surface area contributed by atoms with E-state index in [4.69, 9.17) is 4.74 Å². The molecule has 0 spiro atoms. The largest absolute Gasteiger partial charge is 0.497 e. The summed E-state index contributed by atoms with van der Waals surface area (Å²) in [5, 5.41) is 12.2. The molecule has 0 radical (unpaired) electrons. The quantitative estimate of drug-likeness (QED) is 0.463. The highest BCUT2D eigenvalue weighted by atomic mass is 32.2. The maximum absolute atomic E-state index is 13.2. The lowest BCUT2D eigenvalue weighted by Gasteiger charge is -2.35. The van der Waals surface area contributed by atoms with Gasteiger partial charge in [0.05, 0.1) is 18.9 Å². The van der Waals surface area contributed by atoms with Gasteiger partial charge in [0.2, 0.25) is 5.91 Å². The molecule has 1 fully saturated rings. The van der Waals surface area contributed by atoms with Crippen molar-refractivity contribution < 1.29 is 13.9 Å². The van der Waals surface area contributed by atoms with E-state index in [0.717, 1.165) is 24.4 Å². The second-order valence-corrected chi connectivity index (χ2v) is 9.29. The first-order valence-corrected chi connectivity index (χ1v) is 12.5. The summed E-state index contributed by atoms with van der Waals surface area (Å²) in [6.07, 6.45) is 3.62. The number of nitrogens with one attached hydrogen (secondary N) is 1. The van der Waals surface area contributed by atoms with Gasteiger partial charge in [-0.15, -0.1) is 10.2 Å². The highest BCUT2D eigenvalue weighted by Crippen LogP contribution is 2.26. The number of amides is 1. The second kappa shape index (κ2) is 11.5. The Bertz CT molecular complexity index is 1080. The maximum atomic E-state index is 13.2. The number of methoxy groups -OCH3 is 1. The highest BCUT2D eigenvalue weighted by Gasteiger charge is 2.23. The molecule has 7 nitrogen and oxygen atoms in total. The van der Waals surface area contributed by atoms with E-state index < -0.39 is 0 Å². The number of carbonyl (C=O) groups excluding carboxylic acids is 1. The van der Waals surface area contributed by atoms with Gasteiger partial charge in [0.15, 0.2) is 11.0 Å². The number of carbonyl (C=O) groups is 1. The third-order valence-corrected chi connectivity index (χ3v) is 7.11. The first kappa shape index (κ1) is 24.2. The minimum atomic E-state index is -0.297. The van der Waals surface area contributed by atoms with Crippen LogP contribution in [-0.2, 0) is 11.8 Å². The fourth-order valence-electron chi connectivity index (χ4n) is 4.20. The van der Waals surface area contributed by atoms with Crippen LogP contribution in [0.4, 0.5) is 4.39 Å². The average Bonchev–Trinajstić information content (AvgIpc) is 3.24. The predicted octanol–water partition coefficient (Wildman–Crippen LogP) is 4.07. The van der Waals surface area contributed by atoms with Crippen molar-refractivity contribution in [3.05, 3.63) is 59.9 Å². The van der Waals surface area contributed by atoms with E-state index in [1.165, 1.54) is 48.7 Å². The zero-order chi connectivity index (χ0) is 23.9. The van der Waals surface area contributed by atoms with Crippen LogP contribution in [0.5, 0.6) is 5.75 Å². The number of nitrogens with zero attached hydrogens (tertiary/aromatic N) is 4. The zero-order valence-electron chi connectivity index (χ0n) is 19.5. The first-order valence-electron chi connectivity index (χ1n) is 11.5. The highest BCUT2D eigenvalue weighted by molar-refractivity contribution is 7.99. The molecule has 1 saturated heterocycles. The number of halogens is 1. The summed E-state index contributed by atoms with van der Waals surface area (Å²) in [6.45, 7) is 2.62. The van der Waals surface area contributed by atoms with Crippen molar-refractivity contribution in [1.29, 1.82) is 0 Å². The molecule has 0 bridgehead atoms. The van der Waals surface area contributed by atoms with Gasteiger partial charge < -0.3 is 14.6 Å². The van der Waals surface area contributed by atoms with Crippen LogP contribution >= 0.6 is 11.8 Å². The van der Waals surface area contributed by atoms with Crippen molar-refractivity contribution in [2.45, 2.75) is 30.5 Å². The van der Waals surface area contributed by atoms with Crippen molar-refractivity contribution in [3.8, 4) is 17.1 Å². The third kappa shape index (κ3) is 5.95. The van der Waals surface area contributed by atoms with Crippen LogP contribution in [0.15, 0.2) is 53.7 Å². The second-order valence-electron chi connectivity index (χ2n) is 8.35. The van der Waals surface area contributed by atoms with E-state index in [2.05, 4.69) is 32.5 Å². The summed E-state index contributed by atoms with van der Waals surface area (Å²) < 4.78 is 20.3. The number of ether oxygens (including phenoxy) is 1. The van der Waals surface area contributed by atoms with Gasteiger partial charge >= 0.3 is 0 Å². The van der Waals surface area contributed by atoms with E-state index >= 15 is 0 Å². The molecule has 1 aromatic heterocycles. The zero-order valence-corrected chi connectivity index (χ0v) is 20.4. The van der Waals surface area contributed by atoms with Gasteiger partial charge in [-0.05, 0) is 67.9 Å². The monoisotopic (exact) mass is 483 g/mol. The number of rotatable bonds is 9. The van der Waals surface area contributed by atoms with Crippen LogP contribution < -0.4 is 10.1 Å². The molecule has 1 aliphatic rings. The summed E-state index contributed by atoms with van der Waals surface area (Å²) in [5.41, 5.74) is 1.95. The molecule has 1 unspecified atom stereocenters. The number of piperidine rings is 1. The predicted molar refractivity (Wildman–Crippen MR) is 131 cm³/mol. The van der Waals surface area contributed by atoms with Crippen LogP contribution in [0, 0.1) is 5.82 Å². The van der Waals surface area contributed by atoms with Crippen LogP contribution in [0.2, 0.25) is 0 Å². The van der Waals surface area contributed by atoms with Crippen molar-refractivity contribution in [3.63, 3.8) is 0 Å². The Labute approximate surface area is 203 Å². The Hall–Kier alpha value is -2.91. The van der Waals surface area contributed by atoms with E-state index in [9.17, 15) is 9.18 Å². The lowest BCUT2D eigenvalue weighted by Crippen LogP contribution is -2.41. The molecule has 4 rings (SSSR count). The minimum Gasteiger partial charge on any atom is -0.497 e. The SMILES string of the molecule is COc1ccc(C(CNC(=O)CSc2nnc(-c3ccc(F)cc3)n2C)N2CCCCC2)cc1. The average molecular weight is 484 g/mol. The number of aromatic nitrogens is 3. The van der Waals surface area contributed by atoms with Crippen LogP contribution in [0.25, 0.3) is 11.4 Å². The molecule has 0 aliphatic carbocycles.